The minimum Gasteiger partial charge on any atom is -0.481 e. The van der Waals surface area contributed by atoms with Crippen molar-refractivity contribution in [1.29, 1.82) is 0 Å². The number of pyridine rings is 1. The highest BCUT2D eigenvalue weighted by Gasteiger charge is 2.11. The standard InChI is InChI=1S/C13H16N8OS/c1-3-6-21-11(16-18-19-21)8-23-13-17-15-9-20(13)10-4-5-12(22-2)14-7-10/h4-5,7,9H,3,6,8H2,1-2H3. The third-order valence-corrected chi connectivity index (χ3v) is 4.04. The van der Waals surface area contributed by atoms with Crippen LogP contribution in [0.15, 0.2) is 29.8 Å². The molecule has 0 unspecified atom stereocenters. The lowest BCUT2D eigenvalue weighted by Crippen LogP contribution is -2.05. The highest BCUT2D eigenvalue weighted by molar-refractivity contribution is 7.98. The largest absolute Gasteiger partial charge is 0.481 e. The number of aromatic nitrogens is 8. The second-order valence-electron chi connectivity index (χ2n) is 4.65. The summed E-state index contributed by atoms with van der Waals surface area (Å²) in [6, 6.07) is 3.70. The zero-order chi connectivity index (χ0) is 16.1. The molecule has 3 aromatic heterocycles. The first-order valence-corrected chi connectivity index (χ1v) is 8.08. The molecule has 3 heterocycles. The molecule has 10 heteroatoms. The molecular weight excluding hydrogens is 316 g/mol. The number of aryl methyl sites for hydroxylation is 1. The Labute approximate surface area is 137 Å². The number of nitrogens with zero attached hydrogens (tertiary/aromatic N) is 8. The Morgan fingerprint density at radius 3 is 2.91 bits per heavy atom. The van der Waals surface area contributed by atoms with Gasteiger partial charge in [-0.1, -0.05) is 18.7 Å². The van der Waals surface area contributed by atoms with Crippen molar-refractivity contribution in [2.45, 2.75) is 30.8 Å². The summed E-state index contributed by atoms with van der Waals surface area (Å²) >= 11 is 1.52. The lowest BCUT2D eigenvalue weighted by molar-refractivity contribution is 0.397. The van der Waals surface area contributed by atoms with E-state index in [2.05, 4.69) is 37.6 Å². The zero-order valence-corrected chi connectivity index (χ0v) is 13.6. The molecule has 3 aromatic rings. The molecule has 0 fully saturated rings. The smallest absolute Gasteiger partial charge is 0.213 e. The van der Waals surface area contributed by atoms with Crippen molar-refractivity contribution in [2.75, 3.05) is 7.11 Å². The monoisotopic (exact) mass is 332 g/mol. The maximum atomic E-state index is 5.07. The molecule has 0 aliphatic heterocycles. The first-order valence-electron chi connectivity index (χ1n) is 7.10. The van der Waals surface area contributed by atoms with E-state index in [4.69, 9.17) is 4.74 Å². The van der Waals surface area contributed by atoms with Gasteiger partial charge in [0.25, 0.3) is 0 Å². The highest BCUT2D eigenvalue weighted by atomic mass is 32.2. The van der Waals surface area contributed by atoms with Gasteiger partial charge in [-0.25, -0.2) is 9.67 Å². The van der Waals surface area contributed by atoms with Crippen LogP contribution in [0.4, 0.5) is 0 Å². The summed E-state index contributed by atoms with van der Waals surface area (Å²) in [5, 5.41) is 20.6. The van der Waals surface area contributed by atoms with Crippen LogP contribution < -0.4 is 4.74 Å². The third-order valence-electron chi connectivity index (χ3n) is 3.10. The fourth-order valence-electron chi connectivity index (χ4n) is 1.98. The first-order chi connectivity index (χ1) is 11.3. The van der Waals surface area contributed by atoms with Crippen molar-refractivity contribution in [1.82, 2.24) is 40.0 Å². The first kappa shape index (κ1) is 15.4. The van der Waals surface area contributed by atoms with Gasteiger partial charge < -0.3 is 4.74 Å². The van der Waals surface area contributed by atoms with Crippen LogP contribution in [0.5, 0.6) is 5.88 Å². The van der Waals surface area contributed by atoms with Crippen LogP contribution in [0.3, 0.4) is 0 Å². The number of ether oxygens (including phenoxy) is 1. The average molecular weight is 332 g/mol. The van der Waals surface area contributed by atoms with Gasteiger partial charge in [-0.2, -0.15) is 0 Å². The van der Waals surface area contributed by atoms with Gasteiger partial charge in [0.05, 0.1) is 24.7 Å². The Morgan fingerprint density at radius 2 is 2.17 bits per heavy atom. The predicted molar refractivity (Wildman–Crippen MR) is 83.4 cm³/mol. The molecule has 0 saturated heterocycles. The molecule has 0 aliphatic carbocycles. The van der Waals surface area contributed by atoms with Crippen molar-refractivity contribution >= 4 is 11.8 Å². The van der Waals surface area contributed by atoms with E-state index in [0.29, 0.717) is 11.6 Å². The highest BCUT2D eigenvalue weighted by Crippen LogP contribution is 2.22. The fourth-order valence-corrected chi connectivity index (χ4v) is 2.84. The summed E-state index contributed by atoms with van der Waals surface area (Å²) in [6.07, 6.45) is 4.35. The normalized spacial score (nSPS) is 10.9. The van der Waals surface area contributed by atoms with Gasteiger partial charge in [-0.15, -0.1) is 15.3 Å². The molecule has 3 rings (SSSR count). The summed E-state index contributed by atoms with van der Waals surface area (Å²) < 4.78 is 8.74. The van der Waals surface area contributed by atoms with Crippen LogP contribution in [0.2, 0.25) is 0 Å². The van der Waals surface area contributed by atoms with E-state index in [-0.39, 0.29) is 0 Å². The third kappa shape index (κ3) is 3.47. The lowest BCUT2D eigenvalue weighted by Gasteiger charge is -2.06. The molecule has 0 saturated carbocycles. The van der Waals surface area contributed by atoms with Crippen LogP contribution >= 0.6 is 11.8 Å². The number of hydrogen-bond donors (Lipinski definition) is 0. The number of tetrazole rings is 1. The predicted octanol–water partition coefficient (Wildman–Crippen LogP) is 1.36. The molecule has 0 bridgehead atoms. The number of thioether (sulfide) groups is 1. The number of methoxy groups -OCH3 is 1. The van der Waals surface area contributed by atoms with E-state index in [1.807, 2.05) is 15.3 Å². The van der Waals surface area contributed by atoms with Crippen LogP contribution in [-0.4, -0.2) is 47.1 Å². The number of hydrogen-bond acceptors (Lipinski definition) is 8. The maximum Gasteiger partial charge on any atom is 0.213 e. The van der Waals surface area contributed by atoms with Gasteiger partial charge in [0, 0.05) is 12.6 Å². The minimum atomic E-state index is 0.565. The van der Waals surface area contributed by atoms with Gasteiger partial charge in [0.15, 0.2) is 11.0 Å². The molecule has 23 heavy (non-hydrogen) atoms. The van der Waals surface area contributed by atoms with Crippen molar-refractivity contribution in [2.24, 2.45) is 0 Å². The van der Waals surface area contributed by atoms with Gasteiger partial charge in [-0.05, 0) is 22.9 Å². The van der Waals surface area contributed by atoms with Gasteiger partial charge >= 0.3 is 0 Å². The van der Waals surface area contributed by atoms with Crippen molar-refractivity contribution < 1.29 is 4.74 Å². The topological polar surface area (TPSA) is 96.4 Å². The quantitative estimate of drug-likeness (QED) is 0.598. The van der Waals surface area contributed by atoms with Gasteiger partial charge in [0.2, 0.25) is 5.88 Å². The van der Waals surface area contributed by atoms with Crippen molar-refractivity contribution in [3.8, 4) is 11.6 Å². The molecule has 0 spiro atoms. The summed E-state index contributed by atoms with van der Waals surface area (Å²) in [6.45, 7) is 2.89. The van der Waals surface area contributed by atoms with Crippen LogP contribution in [0.25, 0.3) is 5.69 Å². The fraction of sp³-hybridized carbons (Fsp3) is 0.385. The zero-order valence-electron chi connectivity index (χ0n) is 12.8. The molecule has 0 atom stereocenters. The van der Waals surface area contributed by atoms with Crippen molar-refractivity contribution in [3.63, 3.8) is 0 Å². The second kappa shape index (κ2) is 7.18. The SMILES string of the molecule is CCCn1nnnc1CSc1nncn1-c1ccc(OC)nc1. The molecule has 0 radical (unpaired) electrons. The average Bonchev–Trinajstić information content (AvgIpc) is 3.22. The Balaban J connectivity index is 1.74. The van der Waals surface area contributed by atoms with E-state index in [0.717, 1.165) is 29.6 Å². The van der Waals surface area contributed by atoms with Gasteiger partial charge in [-0.3, -0.25) is 4.57 Å². The molecule has 0 aromatic carbocycles. The Kier molecular flexibility index (Phi) is 4.81. The molecule has 0 N–H and O–H groups in total. The molecule has 0 aliphatic rings. The minimum absolute atomic E-state index is 0.565. The van der Waals surface area contributed by atoms with Crippen LogP contribution in [0, 0.1) is 0 Å². The van der Waals surface area contributed by atoms with Crippen molar-refractivity contribution in [3.05, 3.63) is 30.5 Å². The van der Waals surface area contributed by atoms with E-state index >= 15 is 0 Å². The molecule has 9 nitrogen and oxygen atoms in total. The van der Waals surface area contributed by atoms with E-state index in [1.54, 1.807) is 25.7 Å². The lowest BCUT2D eigenvalue weighted by atomic mass is 10.4. The summed E-state index contributed by atoms with van der Waals surface area (Å²) in [7, 11) is 1.59. The van der Waals surface area contributed by atoms with E-state index in [9.17, 15) is 0 Å². The second-order valence-corrected chi connectivity index (χ2v) is 5.59. The Hall–Kier alpha value is -2.49. The Bertz CT molecular complexity index is 753. The summed E-state index contributed by atoms with van der Waals surface area (Å²) in [5.41, 5.74) is 0.867. The van der Waals surface area contributed by atoms with Crippen LogP contribution in [0.1, 0.15) is 19.2 Å². The summed E-state index contributed by atoms with van der Waals surface area (Å²) in [4.78, 5) is 4.20. The molecule has 120 valence electrons. The molecule has 0 amide bonds. The van der Waals surface area contributed by atoms with Crippen LogP contribution in [-0.2, 0) is 12.3 Å². The Morgan fingerprint density at radius 1 is 1.26 bits per heavy atom. The van der Waals surface area contributed by atoms with Gasteiger partial charge in [0.1, 0.15) is 6.33 Å². The molecular formula is C13H16N8OS. The van der Waals surface area contributed by atoms with E-state index < -0.39 is 0 Å². The number of rotatable bonds is 7. The summed E-state index contributed by atoms with van der Waals surface area (Å²) in [5.74, 6) is 2.00. The van der Waals surface area contributed by atoms with E-state index in [1.165, 1.54) is 11.8 Å². The maximum absolute atomic E-state index is 5.07.